The number of hydrogen-bond acceptors (Lipinski definition) is 5. The Hall–Kier alpha value is -1.66. The van der Waals surface area contributed by atoms with Crippen LogP contribution in [-0.2, 0) is 6.54 Å². The summed E-state index contributed by atoms with van der Waals surface area (Å²) in [6, 6.07) is 3.96. The van der Waals surface area contributed by atoms with E-state index in [1.807, 2.05) is 16.5 Å². The molecule has 2 saturated heterocycles. The molecule has 2 bridgehead atoms. The standard InChI is InChI=1S/C15H17N3O2S/c19-15(13-2-1-4-20-13)18-8-11-6-12(9-18)17(7-11)10-14-16-3-5-21-14/h1-5,11-12H,6-10H2/t11-,12-/m0/s1. The predicted molar refractivity (Wildman–Crippen MR) is 79.0 cm³/mol. The van der Waals surface area contributed by atoms with E-state index in [1.165, 1.54) is 6.42 Å². The van der Waals surface area contributed by atoms with Crippen LogP contribution in [0.25, 0.3) is 0 Å². The average molecular weight is 303 g/mol. The van der Waals surface area contributed by atoms with Crippen molar-refractivity contribution in [3.8, 4) is 0 Å². The van der Waals surface area contributed by atoms with Crippen molar-refractivity contribution in [2.75, 3.05) is 19.6 Å². The Morgan fingerprint density at radius 3 is 3.14 bits per heavy atom. The van der Waals surface area contributed by atoms with Crippen LogP contribution in [0.5, 0.6) is 0 Å². The lowest BCUT2D eigenvalue weighted by Gasteiger charge is -2.32. The van der Waals surface area contributed by atoms with E-state index in [2.05, 4.69) is 9.88 Å². The average Bonchev–Trinajstić information content (AvgIpc) is 3.22. The number of rotatable bonds is 3. The van der Waals surface area contributed by atoms with E-state index < -0.39 is 0 Å². The van der Waals surface area contributed by atoms with Crippen molar-refractivity contribution in [1.29, 1.82) is 0 Å². The van der Waals surface area contributed by atoms with Crippen LogP contribution in [-0.4, -0.2) is 46.4 Å². The molecule has 0 aromatic carbocycles. The maximum absolute atomic E-state index is 12.4. The van der Waals surface area contributed by atoms with E-state index >= 15 is 0 Å². The van der Waals surface area contributed by atoms with Crippen LogP contribution in [0.1, 0.15) is 22.0 Å². The maximum Gasteiger partial charge on any atom is 0.289 e. The molecule has 1 amide bonds. The fourth-order valence-corrected chi connectivity index (χ4v) is 4.11. The summed E-state index contributed by atoms with van der Waals surface area (Å²) >= 11 is 1.70. The molecule has 5 nitrogen and oxygen atoms in total. The number of likely N-dealkylation sites (tertiary alicyclic amines) is 2. The highest BCUT2D eigenvalue weighted by atomic mass is 32.1. The molecule has 6 heteroatoms. The van der Waals surface area contributed by atoms with Gasteiger partial charge in [-0.25, -0.2) is 4.98 Å². The zero-order valence-corrected chi connectivity index (χ0v) is 12.5. The van der Waals surface area contributed by atoms with Gasteiger partial charge in [-0.3, -0.25) is 9.69 Å². The van der Waals surface area contributed by atoms with Gasteiger partial charge in [0.15, 0.2) is 5.76 Å². The van der Waals surface area contributed by atoms with E-state index in [0.29, 0.717) is 17.7 Å². The summed E-state index contributed by atoms with van der Waals surface area (Å²) in [6.07, 6.45) is 4.60. The third-order valence-corrected chi connectivity index (χ3v) is 5.13. The first kappa shape index (κ1) is 13.0. The summed E-state index contributed by atoms with van der Waals surface area (Å²) in [5, 5.41) is 3.18. The molecule has 2 atom stereocenters. The van der Waals surface area contributed by atoms with Crippen LogP contribution in [0, 0.1) is 5.92 Å². The number of amides is 1. The molecule has 2 aromatic heterocycles. The van der Waals surface area contributed by atoms with Gasteiger partial charge in [0, 0.05) is 37.3 Å². The third kappa shape index (κ3) is 2.49. The molecular formula is C15H17N3O2S. The number of furan rings is 1. The second-order valence-corrected chi connectivity index (χ2v) is 6.78. The Labute approximate surface area is 127 Å². The quantitative estimate of drug-likeness (QED) is 0.871. The predicted octanol–water partition coefficient (Wildman–Crippen LogP) is 2.08. The number of aromatic nitrogens is 1. The molecule has 21 heavy (non-hydrogen) atoms. The topological polar surface area (TPSA) is 49.6 Å². The van der Waals surface area contributed by atoms with E-state index in [4.69, 9.17) is 4.42 Å². The lowest BCUT2D eigenvalue weighted by molar-refractivity contribution is 0.0636. The van der Waals surface area contributed by atoms with Crippen molar-refractivity contribution in [2.45, 2.75) is 19.0 Å². The van der Waals surface area contributed by atoms with Crippen LogP contribution in [0.15, 0.2) is 34.4 Å². The molecule has 4 heterocycles. The Kier molecular flexibility index (Phi) is 3.27. The minimum atomic E-state index is 0.0193. The van der Waals surface area contributed by atoms with Gasteiger partial charge < -0.3 is 9.32 Å². The summed E-state index contributed by atoms with van der Waals surface area (Å²) < 4.78 is 5.24. The molecule has 0 saturated carbocycles. The highest BCUT2D eigenvalue weighted by Crippen LogP contribution is 2.31. The molecule has 110 valence electrons. The molecule has 2 aromatic rings. The van der Waals surface area contributed by atoms with Gasteiger partial charge in [0.25, 0.3) is 5.91 Å². The van der Waals surface area contributed by atoms with Crippen molar-refractivity contribution in [3.63, 3.8) is 0 Å². The molecule has 0 unspecified atom stereocenters. The van der Waals surface area contributed by atoms with E-state index in [-0.39, 0.29) is 5.91 Å². The first-order chi connectivity index (χ1) is 10.3. The highest BCUT2D eigenvalue weighted by molar-refractivity contribution is 7.09. The Morgan fingerprint density at radius 1 is 1.43 bits per heavy atom. The fraction of sp³-hybridized carbons (Fsp3) is 0.467. The van der Waals surface area contributed by atoms with E-state index in [1.54, 1.807) is 29.7 Å². The molecule has 2 aliphatic rings. The molecule has 0 N–H and O–H groups in total. The van der Waals surface area contributed by atoms with Gasteiger partial charge >= 0.3 is 0 Å². The normalized spacial score (nSPS) is 25.4. The molecule has 2 aliphatic heterocycles. The van der Waals surface area contributed by atoms with E-state index in [9.17, 15) is 4.79 Å². The van der Waals surface area contributed by atoms with Gasteiger partial charge in [-0.1, -0.05) is 0 Å². The Bertz CT molecular complexity index is 611. The number of fused-ring (bicyclic) bond motifs is 2. The number of carbonyl (C=O) groups excluding carboxylic acids is 1. The lowest BCUT2D eigenvalue weighted by atomic mass is 10.00. The number of piperidine rings is 1. The zero-order valence-electron chi connectivity index (χ0n) is 11.6. The number of nitrogens with zero attached hydrogens (tertiary/aromatic N) is 3. The molecule has 2 fully saturated rings. The van der Waals surface area contributed by atoms with Gasteiger partial charge in [-0.2, -0.15) is 0 Å². The van der Waals surface area contributed by atoms with Crippen molar-refractivity contribution in [3.05, 3.63) is 40.7 Å². The van der Waals surface area contributed by atoms with Crippen LogP contribution in [0.4, 0.5) is 0 Å². The molecular weight excluding hydrogens is 286 g/mol. The monoisotopic (exact) mass is 303 g/mol. The fourth-order valence-electron chi connectivity index (χ4n) is 3.47. The first-order valence-corrected chi connectivity index (χ1v) is 8.13. The largest absolute Gasteiger partial charge is 0.459 e. The highest BCUT2D eigenvalue weighted by Gasteiger charge is 2.40. The third-order valence-electron chi connectivity index (χ3n) is 4.37. The maximum atomic E-state index is 12.4. The minimum Gasteiger partial charge on any atom is -0.459 e. The van der Waals surface area contributed by atoms with Crippen LogP contribution in [0.2, 0.25) is 0 Å². The summed E-state index contributed by atoms with van der Waals surface area (Å²) in [5.41, 5.74) is 0. The zero-order chi connectivity index (χ0) is 14.2. The second kappa shape index (κ2) is 5.27. The Morgan fingerprint density at radius 2 is 2.38 bits per heavy atom. The Balaban J connectivity index is 1.45. The summed E-state index contributed by atoms with van der Waals surface area (Å²) in [4.78, 5) is 21.2. The summed E-state index contributed by atoms with van der Waals surface area (Å²) in [7, 11) is 0. The number of thiazole rings is 1. The lowest BCUT2D eigenvalue weighted by Crippen LogP contribution is -2.45. The smallest absolute Gasteiger partial charge is 0.289 e. The number of hydrogen-bond donors (Lipinski definition) is 0. The second-order valence-electron chi connectivity index (χ2n) is 5.80. The van der Waals surface area contributed by atoms with Gasteiger partial charge in [0.05, 0.1) is 12.8 Å². The number of carbonyl (C=O) groups is 1. The van der Waals surface area contributed by atoms with Crippen molar-refractivity contribution in [1.82, 2.24) is 14.8 Å². The minimum absolute atomic E-state index is 0.0193. The van der Waals surface area contributed by atoms with Crippen molar-refractivity contribution in [2.24, 2.45) is 5.92 Å². The summed E-state index contributed by atoms with van der Waals surface area (Å²) in [5.74, 6) is 1.04. The molecule has 0 spiro atoms. The van der Waals surface area contributed by atoms with Gasteiger partial charge in [0.2, 0.25) is 0 Å². The van der Waals surface area contributed by atoms with Crippen LogP contribution >= 0.6 is 11.3 Å². The molecule has 0 radical (unpaired) electrons. The van der Waals surface area contributed by atoms with Crippen molar-refractivity contribution < 1.29 is 9.21 Å². The molecule has 0 aliphatic carbocycles. The van der Waals surface area contributed by atoms with Crippen LogP contribution < -0.4 is 0 Å². The van der Waals surface area contributed by atoms with Gasteiger partial charge in [-0.15, -0.1) is 11.3 Å². The van der Waals surface area contributed by atoms with Gasteiger partial charge in [0.1, 0.15) is 5.01 Å². The SMILES string of the molecule is O=C(c1ccco1)N1C[C@H]2C[C@@H](C1)N(Cc1nccs1)C2. The molecule has 4 rings (SSSR count). The van der Waals surface area contributed by atoms with Gasteiger partial charge in [-0.05, 0) is 24.5 Å². The van der Waals surface area contributed by atoms with Crippen molar-refractivity contribution >= 4 is 17.2 Å². The first-order valence-electron chi connectivity index (χ1n) is 7.25. The summed E-state index contributed by atoms with van der Waals surface area (Å²) in [6.45, 7) is 3.60. The van der Waals surface area contributed by atoms with Crippen LogP contribution in [0.3, 0.4) is 0 Å². The van der Waals surface area contributed by atoms with E-state index in [0.717, 1.165) is 31.2 Å².